The van der Waals surface area contributed by atoms with Gasteiger partial charge >= 0.3 is 18.4 Å². The molecular weight excluding hydrogens is 446 g/mol. The number of likely N-dealkylation sites (tertiary alicyclic amines) is 1. The zero-order chi connectivity index (χ0) is 23.6. The molecule has 1 amide bonds. The third-order valence-corrected chi connectivity index (χ3v) is 5.46. The number of carbonyl (C=O) groups excluding carboxylic acids is 1. The average molecular weight is 466 g/mol. The molecule has 0 unspecified atom stereocenters. The Balaban J connectivity index is 1.59. The van der Waals surface area contributed by atoms with Gasteiger partial charge in [0.2, 0.25) is 0 Å². The molecular formula is C19H20F6N4O3. The van der Waals surface area contributed by atoms with Gasteiger partial charge in [0.1, 0.15) is 11.8 Å². The zero-order valence-electron chi connectivity index (χ0n) is 16.7. The Kier molecular flexibility index (Phi) is 6.85. The largest absolute Gasteiger partial charge is 0.434 e. The molecule has 3 rings (SSSR count). The Morgan fingerprint density at radius 1 is 1.22 bits per heavy atom. The van der Waals surface area contributed by atoms with Gasteiger partial charge in [-0.1, -0.05) is 6.07 Å². The first-order valence-electron chi connectivity index (χ1n) is 9.73. The van der Waals surface area contributed by atoms with Crippen molar-refractivity contribution in [1.82, 2.24) is 14.8 Å². The molecule has 1 aromatic heterocycles. The fraction of sp³-hybridized carbons (Fsp3) is 0.632. The molecule has 1 spiro atoms. The smallest absolute Gasteiger partial charge is 0.426 e. The van der Waals surface area contributed by atoms with E-state index in [1.807, 2.05) is 11.0 Å². The number of piperidine rings is 1. The second kappa shape index (κ2) is 9.11. The molecule has 0 aromatic carbocycles. The maximum atomic E-state index is 12.6. The summed E-state index contributed by atoms with van der Waals surface area (Å²) in [5.74, 6) is 0. The van der Waals surface area contributed by atoms with Crippen LogP contribution in [0.25, 0.3) is 0 Å². The Hall–Kier alpha value is -2.59. The van der Waals surface area contributed by atoms with Crippen molar-refractivity contribution in [3.05, 3.63) is 29.6 Å². The molecule has 176 valence electrons. The van der Waals surface area contributed by atoms with Crippen molar-refractivity contribution in [2.24, 2.45) is 0 Å². The molecule has 0 aliphatic carbocycles. The van der Waals surface area contributed by atoms with Gasteiger partial charge in [-0.05, 0) is 18.9 Å². The number of alkyl halides is 6. The summed E-state index contributed by atoms with van der Waals surface area (Å²) in [6.07, 6.45) is -15.4. The topological polar surface area (TPSA) is 78.7 Å². The van der Waals surface area contributed by atoms with Crippen LogP contribution in [0.1, 0.15) is 24.1 Å². The Bertz CT molecular complexity index is 848. The monoisotopic (exact) mass is 466 g/mol. The lowest BCUT2D eigenvalue weighted by molar-refractivity contribution is -0.308. The van der Waals surface area contributed by atoms with Gasteiger partial charge in [0, 0.05) is 44.5 Å². The van der Waals surface area contributed by atoms with E-state index in [9.17, 15) is 36.4 Å². The van der Waals surface area contributed by atoms with Crippen molar-refractivity contribution in [3.63, 3.8) is 0 Å². The number of morpholine rings is 1. The summed E-state index contributed by atoms with van der Waals surface area (Å²) in [5.41, 5.74) is 0.338. The molecule has 2 aliphatic rings. The first-order chi connectivity index (χ1) is 14.9. The molecule has 0 radical (unpaired) electrons. The van der Waals surface area contributed by atoms with E-state index in [4.69, 9.17) is 4.74 Å². The van der Waals surface area contributed by atoms with Crippen LogP contribution >= 0.6 is 0 Å². The van der Waals surface area contributed by atoms with Gasteiger partial charge in [-0.2, -0.15) is 31.6 Å². The Labute approximate surface area is 179 Å². The maximum Gasteiger partial charge on any atom is 0.434 e. The van der Waals surface area contributed by atoms with E-state index >= 15 is 0 Å². The van der Waals surface area contributed by atoms with Crippen LogP contribution in [0.15, 0.2) is 18.3 Å². The molecule has 2 saturated heterocycles. The number of carbonyl (C=O) groups is 1. The minimum Gasteiger partial charge on any atom is -0.426 e. The predicted octanol–water partition coefficient (Wildman–Crippen LogP) is 3.25. The lowest BCUT2D eigenvalue weighted by atomic mass is 9.89. The quantitative estimate of drug-likeness (QED) is 0.637. The van der Waals surface area contributed by atoms with Gasteiger partial charge < -0.3 is 14.4 Å². The molecule has 32 heavy (non-hydrogen) atoms. The van der Waals surface area contributed by atoms with Crippen LogP contribution in [0.4, 0.5) is 31.1 Å². The SMILES string of the molecule is N#Cc1ncccc1CN1CCOC2(CCN(C(=O)OC(C(F)(F)F)C(F)(F)F)CC2)C1. The van der Waals surface area contributed by atoms with Crippen LogP contribution in [0, 0.1) is 11.3 Å². The molecule has 13 heteroatoms. The van der Waals surface area contributed by atoms with Crippen molar-refractivity contribution in [3.8, 4) is 6.07 Å². The molecule has 0 bridgehead atoms. The molecule has 0 atom stereocenters. The number of hydrogen-bond donors (Lipinski definition) is 0. The van der Waals surface area contributed by atoms with Gasteiger partial charge in [-0.25, -0.2) is 9.78 Å². The predicted molar refractivity (Wildman–Crippen MR) is 96.1 cm³/mol. The number of nitriles is 1. The summed E-state index contributed by atoms with van der Waals surface area (Å²) < 4.78 is 85.5. The van der Waals surface area contributed by atoms with Crippen LogP contribution in [0.5, 0.6) is 0 Å². The fourth-order valence-corrected chi connectivity index (χ4v) is 3.86. The maximum absolute atomic E-state index is 12.6. The van der Waals surface area contributed by atoms with Gasteiger partial charge in [0.05, 0.1) is 12.2 Å². The van der Waals surface area contributed by atoms with E-state index in [0.29, 0.717) is 31.9 Å². The molecule has 0 N–H and O–H groups in total. The van der Waals surface area contributed by atoms with E-state index < -0.39 is 30.2 Å². The summed E-state index contributed by atoms with van der Waals surface area (Å²) in [6, 6.07) is 5.52. The highest BCUT2D eigenvalue weighted by Gasteiger charge is 2.60. The second-order valence-electron chi connectivity index (χ2n) is 7.70. The van der Waals surface area contributed by atoms with Crippen LogP contribution in [0.2, 0.25) is 0 Å². The van der Waals surface area contributed by atoms with Crippen molar-refractivity contribution in [2.75, 3.05) is 32.8 Å². The summed E-state index contributed by atoms with van der Waals surface area (Å²) in [6.45, 7) is 1.59. The fourth-order valence-electron chi connectivity index (χ4n) is 3.86. The second-order valence-corrected chi connectivity index (χ2v) is 7.70. The minimum absolute atomic E-state index is 0.106. The van der Waals surface area contributed by atoms with Gasteiger partial charge in [0.15, 0.2) is 0 Å². The summed E-state index contributed by atoms with van der Waals surface area (Å²) >= 11 is 0. The third kappa shape index (κ3) is 5.60. The van der Waals surface area contributed by atoms with E-state index in [1.54, 1.807) is 12.1 Å². The first kappa shape index (κ1) is 24.1. The first-order valence-corrected chi connectivity index (χ1v) is 9.73. The van der Waals surface area contributed by atoms with E-state index in [0.717, 1.165) is 10.5 Å². The van der Waals surface area contributed by atoms with Crippen molar-refractivity contribution < 1.29 is 40.6 Å². The molecule has 1 aromatic rings. The van der Waals surface area contributed by atoms with Crippen molar-refractivity contribution in [2.45, 2.75) is 43.4 Å². The number of nitrogens with zero attached hydrogens (tertiary/aromatic N) is 4. The zero-order valence-corrected chi connectivity index (χ0v) is 16.7. The summed E-state index contributed by atoms with van der Waals surface area (Å²) in [5, 5.41) is 9.19. The van der Waals surface area contributed by atoms with Crippen LogP contribution in [-0.4, -0.2) is 77.7 Å². The number of amides is 1. The number of halogens is 6. The van der Waals surface area contributed by atoms with E-state index in [2.05, 4.69) is 9.72 Å². The number of hydrogen-bond acceptors (Lipinski definition) is 6. The van der Waals surface area contributed by atoms with Crippen molar-refractivity contribution in [1.29, 1.82) is 5.26 Å². The van der Waals surface area contributed by atoms with Crippen molar-refractivity contribution >= 4 is 6.09 Å². The van der Waals surface area contributed by atoms with Gasteiger partial charge in [-0.3, -0.25) is 4.90 Å². The number of aromatic nitrogens is 1. The lowest BCUT2D eigenvalue weighted by Gasteiger charge is -2.47. The molecule has 7 nitrogen and oxygen atoms in total. The third-order valence-electron chi connectivity index (χ3n) is 5.46. The van der Waals surface area contributed by atoms with E-state index in [-0.39, 0.29) is 25.9 Å². The molecule has 2 aliphatic heterocycles. The normalized spacial score (nSPS) is 19.8. The highest BCUT2D eigenvalue weighted by Crippen LogP contribution is 2.37. The van der Waals surface area contributed by atoms with Crippen LogP contribution in [0.3, 0.4) is 0 Å². The standard InChI is InChI=1S/C19H20F6N4O3/c20-18(21,22)15(19(23,24)25)32-16(30)29-6-3-17(4-7-29)12-28(8-9-31-17)11-13-2-1-5-27-14(13)10-26/h1-2,5,15H,3-4,6-9,11-12H2. The number of rotatable bonds is 3. The van der Waals surface area contributed by atoms with Crippen LogP contribution < -0.4 is 0 Å². The van der Waals surface area contributed by atoms with Crippen LogP contribution in [-0.2, 0) is 16.0 Å². The Morgan fingerprint density at radius 3 is 2.47 bits per heavy atom. The Morgan fingerprint density at radius 2 is 1.88 bits per heavy atom. The molecule has 0 saturated carbocycles. The lowest BCUT2D eigenvalue weighted by Crippen LogP contribution is -2.58. The van der Waals surface area contributed by atoms with Gasteiger partial charge in [0.25, 0.3) is 6.10 Å². The van der Waals surface area contributed by atoms with E-state index in [1.165, 1.54) is 6.20 Å². The summed E-state index contributed by atoms with van der Waals surface area (Å²) in [4.78, 5) is 18.8. The highest BCUT2D eigenvalue weighted by molar-refractivity contribution is 5.68. The minimum atomic E-state index is -5.76. The molecule has 3 heterocycles. The highest BCUT2D eigenvalue weighted by atomic mass is 19.4. The molecule has 2 fully saturated rings. The number of pyridine rings is 1. The van der Waals surface area contributed by atoms with Gasteiger partial charge in [-0.15, -0.1) is 0 Å². The average Bonchev–Trinajstić information content (AvgIpc) is 2.71. The number of ether oxygens (including phenoxy) is 2. The summed E-state index contributed by atoms with van der Waals surface area (Å²) in [7, 11) is 0.